The zero-order valence-corrected chi connectivity index (χ0v) is 15.7. The molecule has 0 aliphatic carbocycles. The summed E-state index contributed by atoms with van der Waals surface area (Å²) >= 11 is 9.75. The molecule has 0 amide bonds. The van der Waals surface area contributed by atoms with Crippen LogP contribution in [-0.4, -0.2) is 5.11 Å². The van der Waals surface area contributed by atoms with E-state index in [1.165, 1.54) is 6.07 Å². The third kappa shape index (κ3) is 3.15. The first-order valence-electron chi connectivity index (χ1n) is 8.41. The van der Waals surface area contributed by atoms with E-state index < -0.39 is 5.25 Å². The van der Waals surface area contributed by atoms with Crippen LogP contribution in [0.4, 0.5) is 14.5 Å². The molecular weight excluding hydrogens is 388 g/mol. The van der Waals surface area contributed by atoms with E-state index in [0.717, 1.165) is 28.3 Å². The Bertz CT molecular complexity index is 1060. The average Bonchev–Trinajstić information content (AvgIpc) is 2.66. The molecule has 0 aromatic heterocycles. The van der Waals surface area contributed by atoms with Crippen molar-refractivity contribution in [1.82, 2.24) is 0 Å². The van der Waals surface area contributed by atoms with E-state index in [0.29, 0.717) is 17.7 Å². The Kier molecular flexibility index (Phi) is 4.52. The number of nitrogens with one attached hydrogen (secondary N) is 1. The monoisotopic (exact) mass is 403 g/mol. The van der Waals surface area contributed by atoms with Crippen molar-refractivity contribution in [3.8, 4) is 0 Å². The van der Waals surface area contributed by atoms with Crippen LogP contribution in [0.1, 0.15) is 29.0 Å². The molecule has 0 bridgehead atoms. The van der Waals surface area contributed by atoms with Crippen molar-refractivity contribution in [1.29, 1.82) is 0 Å². The molecule has 1 heterocycles. The van der Waals surface area contributed by atoms with Crippen LogP contribution in [0.2, 0.25) is 5.02 Å². The fourth-order valence-electron chi connectivity index (χ4n) is 3.67. The number of fused-ring (bicyclic) bond motifs is 3. The van der Waals surface area contributed by atoms with E-state index in [1.54, 1.807) is 12.1 Å². The van der Waals surface area contributed by atoms with E-state index >= 15 is 0 Å². The molecule has 1 unspecified atom stereocenters. The molecule has 3 aromatic carbocycles. The number of benzene rings is 3. The maximum atomic E-state index is 13.8. The molecule has 1 aliphatic rings. The summed E-state index contributed by atoms with van der Waals surface area (Å²) in [4.78, 5) is 0. The topological polar surface area (TPSA) is 32.3 Å². The zero-order valence-electron chi connectivity index (χ0n) is 14.1. The van der Waals surface area contributed by atoms with E-state index in [1.807, 2.05) is 36.4 Å². The van der Waals surface area contributed by atoms with Crippen molar-refractivity contribution < 1.29 is 13.9 Å². The molecule has 138 valence electrons. The zero-order chi connectivity index (χ0) is 19.2. The summed E-state index contributed by atoms with van der Waals surface area (Å²) in [5.74, 6) is -0.271. The first kappa shape index (κ1) is 18.1. The number of alkyl halides is 2. The van der Waals surface area contributed by atoms with Gasteiger partial charge in [0.05, 0.1) is 28.2 Å². The van der Waals surface area contributed by atoms with Crippen LogP contribution in [0, 0.1) is 0 Å². The van der Waals surface area contributed by atoms with Crippen molar-refractivity contribution in [2.24, 2.45) is 0 Å². The van der Waals surface area contributed by atoms with Crippen LogP contribution in [0.25, 0.3) is 10.8 Å². The molecule has 3 aromatic rings. The summed E-state index contributed by atoms with van der Waals surface area (Å²) < 4.78 is 27.7. The summed E-state index contributed by atoms with van der Waals surface area (Å²) in [7, 11) is 0. The second kappa shape index (κ2) is 6.73. The van der Waals surface area contributed by atoms with E-state index in [2.05, 4.69) is 17.9 Å². The van der Waals surface area contributed by atoms with Gasteiger partial charge in [-0.3, -0.25) is 0 Å². The van der Waals surface area contributed by atoms with E-state index in [-0.39, 0.29) is 16.5 Å². The molecule has 4 rings (SSSR count). The number of rotatable bonds is 2. The van der Waals surface area contributed by atoms with Crippen LogP contribution < -0.4 is 5.32 Å². The van der Waals surface area contributed by atoms with Crippen molar-refractivity contribution in [2.45, 2.75) is 17.6 Å². The van der Waals surface area contributed by atoms with E-state index in [4.69, 9.17) is 11.6 Å². The maximum Gasteiger partial charge on any atom is 0.317 e. The van der Waals surface area contributed by atoms with Gasteiger partial charge < -0.3 is 10.4 Å². The first-order chi connectivity index (χ1) is 12.9. The lowest BCUT2D eigenvalue weighted by Crippen LogP contribution is -2.18. The third-order valence-corrected chi connectivity index (χ3v) is 5.59. The molecule has 2 N–H and O–H groups in total. The molecule has 2 nitrogen and oxygen atoms in total. The van der Waals surface area contributed by atoms with Crippen molar-refractivity contribution in [2.75, 3.05) is 5.32 Å². The van der Waals surface area contributed by atoms with Crippen LogP contribution in [0.5, 0.6) is 0 Å². The Morgan fingerprint density at radius 2 is 1.85 bits per heavy atom. The Morgan fingerprint density at radius 3 is 2.59 bits per heavy atom. The number of anilines is 1. The van der Waals surface area contributed by atoms with Gasteiger partial charge in [0.15, 0.2) is 0 Å². The molecular formula is C21H16ClF2NOS. The highest BCUT2D eigenvalue weighted by Crippen LogP contribution is 2.47. The minimum absolute atomic E-state index is 0.000739. The highest BCUT2D eigenvalue weighted by atomic mass is 35.5. The first-order valence-corrected chi connectivity index (χ1v) is 9.23. The average molecular weight is 404 g/mol. The Hall–Kier alpha value is -2.24. The Labute approximate surface area is 165 Å². The molecule has 0 saturated carbocycles. The second-order valence-corrected chi connectivity index (χ2v) is 7.48. The van der Waals surface area contributed by atoms with Gasteiger partial charge in [0.2, 0.25) is 0 Å². The van der Waals surface area contributed by atoms with Crippen molar-refractivity contribution >= 4 is 40.7 Å². The lowest BCUT2D eigenvalue weighted by atomic mass is 9.82. The van der Waals surface area contributed by atoms with Gasteiger partial charge in [-0.05, 0) is 16.5 Å². The highest BCUT2D eigenvalue weighted by molar-refractivity contribution is 7.81. The number of hydrogen-bond donors (Lipinski definition) is 3. The van der Waals surface area contributed by atoms with Crippen molar-refractivity contribution in [3.63, 3.8) is 0 Å². The van der Waals surface area contributed by atoms with Gasteiger partial charge >= 0.3 is 5.25 Å². The number of thiol groups is 1. The number of aliphatic hydroxyl groups is 1. The SMILES string of the molecule is O/C=C1/CC(c2cccc(C(F)(F)S)c2Cl)c2ccc3ccccc3c2N1. The predicted octanol–water partition coefficient (Wildman–Crippen LogP) is 6.82. The van der Waals surface area contributed by atoms with Gasteiger partial charge in [-0.15, -0.1) is 12.6 Å². The summed E-state index contributed by atoms with van der Waals surface area (Å²) in [5.41, 5.74) is 2.66. The lowest BCUT2D eigenvalue weighted by molar-refractivity contribution is 0.108. The Balaban J connectivity index is 1.95. The number of allylic oxidation sites excluding steroid dienone is 1. The normalized spacial score (nSPS) is 18.4. The second-order valence-electron chi connectivity index (χ2n) is 6.54. The number of hydrogen-bond acceptors (Lipinski definition) is 3. The minimum atomic E-state index is -3.33. The maximum absolute atomic E-state index is 13.8. The molecule has 0 saturated heterocycles. The number of halogens is 3. The van der Waals surface area contributed by atoms with Gasteiger partial charge in [0, 0.05) is 17.7 Å². The molecule has 0 spiro atoms. The fourth-order valence-corrected chi connectivity index (χ4v) is 4.30. The fraction of sp³-hybridized carbons (Fsp3) is 0.143. The molecule has 1 aliphatic heterocycles. The summed E-state index contributed by atoms with van der Waals surface area (Å²) in [5, 5.41) is 11.6. The summed E-state index contributed by atoms with van der Waals surface area (Å²) in [6.45, 7) is 0. The van der Waals surface area contributed by atoms with Crippen LogP contribution >= 0.6 is 24.2 Å². The predicted molar refractivity (Wildman–Crippen MR) is 109 cm³/mol. The van der Waals surface area contributed by atoms with Gasteiger partial charge in [-0.25, -0.2) is 0 Å². The lowest BCUT2D eigenvalue weighted by Gasteiger charge is -2.31. The van der Waals surface area contributed by atoms with Gasteiger partial charge in [-0.1, -0.05) is 66.2 Å². The highest BCUT2D eigenvalue weighted by Gasteiger charge is 2.33. The van der Waals surface area contributed by atoms with Crippen LogP contribution in [0.15, 0.2) is 66.6 Å². The van der Waals surface area contributed by atoms with E-state index in [9.17, 15) is 13.9 Å². The largest absolute Gasteiger partial charge is 0.514 e. The van der Waals surface area contributed by atoms with Gasteiger partial charge in [0.25, 0.3) is 0 Å². The smallest absolute Gasteiger partial charge is 0.317 e. The quantitative estimate of drug-likeness (QED) is 0.324. The molecule has 27 heavy (non-hydrogen) atoms. The molecule has 0 radical (unpaired) electrons. The summed E-state index contributed by atoms with van der Waals surface area (Å²) in [6.07, 6.45) is 1.44. The molecule has 1 atom stereocenters. The molecule has 0 fully saturated rings. The van der Waals surface area contributed by atoms with Crippen molar-refractivity contribution in [3.05, 3.63) is 88.3 Å². The molecule has 6 heteroatoms. The summed E-state index contributed by atoms with van der Waals surface area (Å²) in [6, 6.07) is 16.4. The van der Waals surface area contributed by atoms with Crippen LogP contribution in [0.3, 0.4) is 0 Å². The standard InChI is InChI=1S/C21H16ClF2NOS/c22-19-15(6-3-7-18(19)21(23,24)27)17-10-13(11-26)25-20-14-5-2-1-4-12(14)8-9-16(17)20/h1-9,11,17,25-27H,10H2/b13-11-. The van der Waals surface area contributed by atoms with Gasteiger partial charge in [-0.2, -0.15) is 8.78 Å². The number of aliphatic hydroxyl groups excluding tert-OH is 1. The minimum Gasteiger partial charge on any atom is -0.514 e. The third-order valence-electron chi connectivity index (χ3n) is 4.93. The van der Waals surface area contributed by atoms with Crippen LogP contribution in [-0.2, 0) is 5.25 Å². The Morgan fingerprint density at radius 1 is 1.07 bits per heavy atom. The van der Waals surface area contributed by atoms with Gasteiger partial charge in [0.1, 0.15) is 0 Å².